The maximum absolute atomic E-state index is 14.6. The molecule has 2 aromatic carbocycles. The van der Waals surface area contributed by atoms with E-state index in [2.05, 4.69) is 38.2 Å². The summed E-state index contributed by atoms with van der Waals surface area (Å²) in [5.41, 5.74) is -1.15. The molecule has 3 aromatic rings. The highest BCUT2D eigenvalue weighted by molar-refractivity contribution is 14.1. The lowest BCUT2D eigenvalue weighted by atomic mass is 9.79. The number of halogens is 5. The van der Waals surface area contributed by atoms with E-state index in [9.17, 15) is 27.5 Å². The Kier molecular flexibility index (Phi) is 9.29. The number of carbonyl (C=O) groups excluding carboxylic acids is 1. The number of aliphatic hydroxyl groups is 1. The molecule has 1 heterocycles. The van der Waals surface area contributed by atoms with Gasteiger partial charge in [0.1, 0.15) is 11.4 Å². The zero-order valence-corrected chi connectivity index (χ0v) is 21.6. The quantitative estimate of drug-likeness (QED) is 0.164. The second-order valence-electron chi connectivity index (χ2n) is 8.37. The fraction of sp³-hybridized carbons (Fsp3) is 0.308. The number of benzene rings is 2. The molecule has 2 amide bonds. The summed E-state index contributed by atoms with van der Waals surface area (Å²) in [4.78, 5) is 17.6. The lowest BCUT2D eigenvalue weighted by Gasteiger charge is -2.36. The van der Waals surface area contributed by atoms with Gasteiger partial charge in [-0.15, -0.1) is 0 Å². The first-order valence-electron chi connectivity index (χ1n) is 11.2. The first-order valence-corrected chi connectivity index (χ1v) is 12.8. The van der Waals surface area contributed by atoms with E-state index >= 15 is 0 Å². The van der Waals surface area contributed by atoms with Crippen LogP contribution in [0.2, 0.25) is 0 Å². The monoisotopic (exact) mass is 615 g/mol. The van der Waals surface area contributed by atoms with Crippen LogP contribution in [0.4, 0.5) is 22.4 Å². The van der Waals surface area contributed by atoms with Gasteiger partial charge in [0, 0.05) is 17.0 Å². The molecule has 0 saturated carbocycles. The fourth-order valence-corrected chi connectivity index (χ4v) is 4.32. The van der Waals surface area contributed by atoms with Gasteiger partial charge in [0.25, 0.3) is 0 Å². The molecule has 0 unspecified atom stereocenters. The molecule has 0 fully saturated rings. The molecule has 0 aliphatic carbocycles. The Hall–Kier alpha value is -2.73. The summed E-state index contributed by atoms with van der Waals surface area (Å²) in [6.45, 7) is 1.45. The van der Waals surface area contributed by atoms with Crippen LogP contribution in [0, 0.1) is 5.82 Å². The van der Waals surface area contributed by atoms with E-state index in [0.29, 0.717) is 22.5 Å². The molecule has 0 aliphatic rings. The van der Waals surface area contributed by atoms with Crippen molar-refractivity contribution in [3.8, 4) is 0 Å². The van der Waals surface area contributed by atoms with Gasteiger partial charge in [-0.1, -0.05) is 65.9 Å². The number of aromatic nitrogens is 1. The smallest absolute Gasteiger partial charge is 0.394 e. The van der Waals surface area contributed by atoms with Gasteiger partial charge >= 0.3 is 12.2 Å². The number of pyridine rings is 1. The molecular formula is C26H26F4IN3O2. The van der Waals surface area contributed by atoms with Crippen LogP contribution in [-0.4, -0.2) is 28.8 Å². The third-order valence-corrected chi connectivity index (χ3v) is 6.70. The van der Waals surface area contributed by atoms with Crippen molar-refractivity contribution in [2.45, 2.75) is 41.9 Å². The first-order chi connectivity index (χ1) is 17.1. The van der Waals surface area contributed by atoms with Crippen LogP contribution in [-0.2, 0) is 22.6 Å². The van der Waals surface area contributed by atoms with Gasteiger partial charge in [0.05, 0.1) is 23.9 Å². The highest BCUT2D eigenvalue weighted by Crippen LogP contribution is 2.37. The Labute approximate surface area is 220 Å². The molecule has 0 spiro atoms. The number of nitrogens with zero attached hydrogens (tertiary/aromatic N) is 1. The Morgan fingerprint density at radius 3 is 2.31 bits per heavy atom. The second kappa shape index (κ2) is 12.0. The lowest BCUT2D eigenvalue weighted by molar-refractivity contribution is -0.137. The molecule has 5 nitrogen and oxygen atoms in total. The number of hydrogen-bond donors (Lipinski definition) is 3. The first kappa shape index (κ1) is 27.9. The standard InChI is InChI=1S/C26H26F4IN3O2/c1-2-22(16-35)33-24(36)34-25(13-17-6-4-3-5-7-17,23-9-8-18(14-31)15-32-23)19-10-20(26(28,29)30)12-21(27)11-19/h3-12,15,22,35H,2,13-14,16H2,1H3,(H2,33,34,36)/t22-,25+/m1/s1. The molecule has 192 valence electrons. The van der Waals surface area contributed by atoms with Gasteiger partial charge in [-0.05, 0) is 47.4 Å². The van der Waals surface area contributed by atoms with Crippen molar-refractivity contribution in [1.82, 2.24) is 15.6 Å². The average Bonchev–Trinajstić information content (AvgIpc) is 2.86. The van der Waals surface area contributed by atoms with E-state index in [4.69, 9.17) is 0 Å². The molecule has 1 aromatic heterocycles. The number of carbonyl (C=O) groups is 1. The largest absolute Gasteiger partial charge is 0.416 e. The number of nitrogens with one attached hydrogen (secondary N) is 2. The molecule has 0 bridgehead atoms. The normalized spacial score (nSPS) is 14.1. The van der Waals surface area contributed by atoms with E-state index in [-0.39, 0.29) is 24.3 Å². The van der Waals surface area contributed by atoms with E-state index in [1.54, 1.807) is 55.6 Å². The highest BCUT2D eigenvalue weighted by Gasteiger charge is 2.41. The van der Waals surface area contributed by atoms with Crippen molar-refractivity contribution in [2.75, 3.05) is 6.61 Å². The number of amides is 2. The molecular weight excluding hydrogens is 589 g/mol. The molecule has 0 aliphatic heterocycles. The Bertz CT molecular complexity index is 1160. The number of rotatable bonds is 9. The summed E-state index contributed by atoms with van der Waals surface area (Å²) in [6.07, 6.45) is -2.81. The summed E-state index contributed by atoms with van der Waals surface area (Å²) < 4.78 is 56.3. The second-order valence-corrected chi connectivity index (χ2v) is 9.13. The fourth-order valence-electron chi connectivity index (χ4n) is 3.87. The number of aliphatic hydroxyl groups excluding tert-OH is 1. The van der Waals surface area contributed by atoms with Gasteiger partial charge in [-0.2, -0.15) is 13.2 Å². The third-order valence-electron chi connectivity index (χ3n) is 5.82. The highest BCUT2D eigenvalue weighted by atomic mass is 127. The lowest BCUT2D eigenvalue weighted by Crippen LogP contribution is -2.55. The molecule has 10 heteroatoms. The van der Waals surface area contributed by atoms with Gasteiger partial charge in [0.2, 0.25) is 0 Å². The maximum Gasteiger partial charge on any atom is 0.416 e. The van der Waals surface area contributed by atoms with Crippen molar-refractivity contribution >= 4 is 28.6 Å². The Balaban J connectivity index is 2.26. The van der Waals surface area contributed by atoms with Crippen molar-refractivity contribution < 1.29 is 27.5 Å². The zero-order chi connectivity index (χ0) is 26.3. The predicted molar refractivity (Wildman–Crippen MR) is 137 cm³/mol. The Morgan fingerprint density at radius 1 is 1.06 bits per heavy atom. The Morgan fingerprint density at radius 2 is 1.75 bits per heavy atom. The summed E-state index contributed by atoms with van der Waals surface area (Å²) in [5, 5.41) is 15.0. The van der Waals surface area contributed by atoms with E-state index in [0.717, 1.165) is 17.7 Å². The molecule has 3 rings (SSSR count). The van der Waals surface area contributed by atoms with Crippen LogP contribution in [0.3, 0.4) is 0 Å². The zero-order valence-electron chi connectivity index (χ0n) is 19.4. The minimum Gasteiger partial charge on any atom is -0.394 e. The van der Waals surface area contributed by atoms with E-state index in [1.807, 2.05) is 0 Å². The van der Waals surface area contributed by atoms with Gasteiger partial charge in [0.15, 0.2) is 0 Å². The van der Waals surface area contributed by atoms with E-state index in [1.165, 1.54) is 0 Å². The number of alkyl halides is 4. The maximum atomic E-state index is 14.6. The summed E-state index contributed by atoms with van der Waals surface area (Å²) >= 11 is 2.16. The predicted octanol–water partition coefficient (Wildman–Crippen LogP) is 5.73. The SMILES string of the molecule is CC[C@H](CO)NC(=O)N[C@@](Cc1ccccc1)(c1cc(F)cc(C(F)(F)F)c1)c1ccc(CI)cn1. The van der Waals surface area contributed by atoms with Crippen molar-refractivity contribution in [1.29, 1.82) is 0 Å². The van der Waals surface area contributed by atoms with Crippen LogP contribution in [0.15, 0.2) is 66.9 Å². The molecule has 0 saturated heterocycles. The van der Waals surface area contributed by atoms with Crippen LogP contribution in [0.1, 0.15) is 41.3 Å². The number of urea groups is 1. The third kappa shape index (κ3) is 6.73. The van der Waals surface area contributed by atoms with E-state index < -0.39 is 35.2 Å². The summed E-state index contributed by atoms with van der Waals surface area (Å²) in [7, 11) is 0. The number of hydrogen-bond acceptors (Lipinski definition) is 3. The van der Waals surface area contributed by atoms with Crippen LogP contribution in [0.25, 0.3) is 0 Å². The molecule has 2 atom stereocenters. The molecule has 3 N–H and O–H groups in total. The van der Waals surface area contributed by atoms with Crippen molar-refractivity contribution in [3.63, 3.8) is 0 Å². The van der Waals surface area contributed by atoms with Crippen molar-refractivity contribution in [3.05, 3.63) is 101 Å². The molecule has 0 radical (unpaired) electrons. The minimum absolute atomic E-state index is 0.00545. The van der Waals surface area contributed by atoms with Gasteiger partial charge in [-0.25, -0.2) is 9.18 Å². The summed E-state index contributed by atoms with van der Waals surface area (Å²) in [5.74, 6) is -1.09. The van der Waals surface area contributed by atoms with Crippen LogP contribution < -0.4 is 10.6 Å². The van der Waals surface area contributed by atoms with Gasteiger partial charge in [-0.3, -0.25) is 4.98 Å². The molecule has 36 heavy (non-hydrogen) atoms. The van der Waals surface area contributed by atoms with Gasteiger partial charge < -0.3 is 15.7 Å². The van der Waals surface area contributed by atoms with Crippen LogP contribution in [0.5, 0.6) is 0 Å². The summed E-state index contributed by atoms with van der Waals surface area (Å²) in [6, 6.07) is 13.2. The van der Waals surface area contributed by atoms with Crippen molar-refractivity contribution in [2.24, 2.45) is 0 Å². The minimum atomic E-state index is -4.81. The van der Waals surface area contributed by atoms with Crippen LogP contribution >= 0.6 is 22.6 Å². The topological polar surface area (TPSA) is 74.2 Å². The average molecular weight is 615 g/mol.